The minimum Gasteiger partial charge on any atom is -0.494 e. The molecule has 1 fully saturated rings. The third-order valence-corrected chi connectivity index (χ3v) is 5.40. The molecule has 154 valence electrons. The van der Waals surface area contributed by atoms with E-state index in [9.17, 15) is 9.59 Å². The van der Waals surface area contributed by atoms with Crippen molar-refractivity contribution in [1.29, 1.82) is 0 Å². The molecule has 0 aliphatic carbocycles. The summed E-state index contributed by atoms with van der Waals surface area (Å²) in [6.07, 6.45) is 0.611. The summed E-state index contributed by atoms with van der Waals surface area (Å²) >= 11 is 0. The Balaban J connectivity index is 1.94. The molecule has 1 aliphatic rings. The van der Waals surface area contributed by atoms with Crippen molar-refractivity contribution >= 4 is 11.9 Å². The predicted molar refractivity (Wildman–Crippen MR) is 111 cm³/mol. The Bertz CT molecular complexity index is 884. The molecule has 6 nitrogen and oxygen atoms in total. The number of amides is 3. The van der Waals surface area contributed by atoms with E-state index >= 15 is 0 Å². The topological polar surface area (TPSA) is 59.1 Å². The van der Waals surface area contributed by atoms with E-state index in [1.807, 2.05) is 50.2 Å². The fourth-order valence-corrected chi connectivity index (χ4v) is 3.67. The summed E-state index contributed by atoms with van der Waals surface area (Å²) in [4.78, 5) is 29.3. The molecule has 1 heterocycles. The zero-order valence-electron chi connectivity index (χ0n) is 17.5. The van der Waals surface area contributed by atoms with Gasteiger partial charge in [0, 0.05) is 19.2 Å². The molecule has 1 aliphatic heterocycles. The van der Waals surface area contributed by atoms with Crippen LogP contribution in [0.5, 0.6) is 11.5 Å². The van der Waals surface area contributed by atoms with E-state index in [1.54, 1.807) is 26.1 Å². The van der Waals surface area contributed by atoms with Gasteiger partial charge in [-0.25, -0.2) is 4.79 Å². The van der Waals surface area contributed by atoms with Crippen molar-refractivity contribution in [3.8, 4) is 11.5 Å². The van der Waals surface area contributed by atoms with Gasteiger partial charge in [0.2, 0.25) is 0 Å². The predicted octanol–water partition coefficient (Wildman–Crippen LogP) is 3.84. The summed E-state index contributed by atoms with van der Waals surface area (Å²) in [7, 11) is 1.66. The lowest BCUT2D eigenvalue weighted by Crippen LogP contribution is -2.42. The van der Waals surface area contributed by atoms with Crippen molar-refractivity contribution in [1.82, 2.24) is 9.80 Å². The van der Waals surface area contributed by atoms with Crippen molar-refractivity contribution in [2.45, 2.75) is 32.7 Å². The highest BCUT2D eigenvalue weighted by Gasteiger charge is 2.54. The molecule has 2 aromatic rings. The van der Waals surface area contributed by atoms with Crippen LogP contribution < -0.4 is 9.47 Å². The fraction of sp³-hybridized carbons (Fsp3) is 0.391. The minimum atomic E-state index is -1.16. The minimum absolute atomic E-state index is 0.254. The molecule has 1 atom stereocenters. The summed E-state index contributed by atoms with van der Waals surface area (Å²) in [5.74, 6) is 0.968. The number of imide groups is 1. The molecule has 0 radical (unpaired) electrons. The molecular formula is C23H28N2O4. The van der Waals surface area contributed by atoms with E-state index in [1.165, 1.54) is 9.80 Å². The van der Waals surface area contributed by atoms with Gasteiger partial charge in [-0.1, -0.05) is 30.3 Å². The molecule has 0 N–H and O–H groups in total. The van der Waals surface area contributed by atoms with Gasteiger partial charge in [0.15, 0.2) is 0 Å². The molecule has 0 spiro atoms. The van der Waals surface area contributed by atoms with Crippen LogP contribution in [0.15, 0.2) is 48.5 Å². The number of urea groups is 1. The van der Waals surface area contributed by atoms with Gasteiger partial charge in [-0.3, -0.25) is 9.69 Å². The van der Waals surface area contributed by atoms with Crippen molar-refractivity contribution in [2.75, 3.05) is 26.8 Å². The fourth-order valence-electron chi connectivity index (χ4n) is 3.67. The third-order valence-electron chi connectivity index (χ3n) is 5.40. The highest BCUT2D eigenvalue weighted by molar-refractivity contribution is 6.07. The van der Waals surface area contributed by atoms with E-state index in [0.29, 0.717) is 43.2 Å². The highest BCUT2D eigenvalue weighted by atomic mass is 16.5. The molecule has 2 aromatic carbocycles. The largest absolute Gasteiger partial charge is 0.494 e. The lowest BCUT2D eigenvalue weighted by molar-refractivity contribution is -0.132. The van der Waals surface area contributed by atoms with E-state index in [0.717, 1.165) is 5.56 Å². The Kier molecular flexibility index (Phi) is 6.11. The van der Waals surface area contributed by atoms with Crippen LogP contribution in [0.3, 0.4) is 0 Å². The number of likely N-dealkylation sites (N-methyl/N-ethyl adjacent to an activating group) is 1. The lowest BCUT2D eigenvalue weighted by atomic mass is 9.89. The van der Waals surface area contributed by atoms with Crippen LogP contribution in [0.2, 0.25) is 0 Å². The number of ether oxygens (including phenoxy) is 2. The quantitative estimate of drug-likeness (QED) is 0.636. The standard InChI is InChI=1S/C23H28N2O4/c1-5-28-18-12-13-20(29-6-2)19(16-18)23(3)21(26)25(22(27)24(23)4)15-14-17-10-8-7-9-11-17/h7-13,16H,5-6,14-15H2,1-4H3. The molecule has 6 heteroatoms. The number of hydrogen-bond acceptors (Lipinski definition) is 4. The van der Waals surface area contributed by atoms with Gasteiger partial charge in [-0.2, -0.15) is 0 Å². The van der Waals surface area contributed by atoms with Gasteiger partial charge in [0.25, 0.3) is 5.91 Å². The van der Waals surface area contributed by atoms with Gasteiger partial charge in [0.1, 0.15) is 17.0 Å². The summed E-state index contributed by atoms with van der Waals surface area (Å²) < 4.78 is 11.4. The number of carbonyl (C=O) groups is 2. The molecular weight excluding hydrogens is 368 g/mol. The summed E-state index contributed by atoms with van der Waals surface area (Å²) in [6, 6.07) is 14.9. The number of benzene rings is 2. The average Bonchev–Trinajstić information content (AvgIpc) is 2.90. The van der Waals surface area contributed by atoms with Crippen LogP contribution >= 0.6 is 0 Å². The van der Waals surface area contributed by atoms with Gasteiger partial charge >= 0.3 is 6.03 Å². The average molecular weight is 396 g/mol. The van der Waals surface area contributed by atoms with E-state index in [-0.39, 0.29) is 11.9 Å². The Morgan fingerprint density at radius 2 is 1.66 bits per heavy atom. The van der Waals surface area contributed by atoms with Crippen LogP contribution in [0.25, 0.3) is 0 Å². The van der Waals surface area contributed by atoms with Crippen LogP contribution in [-0.2, 0) is 16.8 Å². The molecule has 0 bridgehead atoms. The highest BCUT2D eigenvalue weighted by Crippen LogP contribution is 2.42. The van der Waals surface area contributed by atoms with Crippen molar-refractivity contribution in [3.05, 3.63) is 59.7 Å². The smallest absolute Gasteiger partial charge is 0.327 e. The van der Waals surface area contributed by atoms with Gasteiger partial charge in [-0.05, 0) is 51.0 Å². The lowest BCUT2D eigenvalue weighted by Gasteiger charge is -2.30. The second kappa shape index (κ2) is 8.55. The summed E-state index contributed by atoms with van der Waals surface area (Å²) in [5.41, 5.74) is 0.553. The molecule has 3 amide bonds. The Labute approximate surface area is 172 Å². The molecule has 1 unspecified atom stereocenters. The normalized spacial score (nSPS) is 19.0. The molecule has 0 saturated carbocycles. The second-order valence-corrected chi connectivity index (χ2v) is 7.13. The number of rotatable bonds is 8. The van der Waals surface area contributed by atoms with Crippen molar-refractivity contribution in [2.24, 2.45) is 0 Å². The maximum Gasteiger partial charge on any atom is 0.327 e. The van der Waals surface area contributed by atoms with Crippen LogP contribution in [-0.4, -0.2) is 48.5 Å². The van der Waals surface area contributed by atoms with Gasteiger partial charge < -0.3 is 14.4 Å². The molecule has 1 saturated heterocycles. The molecule has 29 heavy (non-hydrogen) atoms. The summed E-state index contributed by atoms with van der Waals surface area (Å²) in [5, 5.41) is 0. The monoisotopic (exact) mass is 396 g/mol. The van der Waals surface area contributed by atoms with Gasteiger partial charge in [0.05, 0.1) is 13.2 Å². The number of nitrogens with zero attached hydrogens (tertiary/aromatic N) is 2. The first-order valence-corrected chi connectivity index (χ1v) is 9.97. The Morgan fingerprint density at radius 1 is 0.966 bits per heavy atom. The van der Waals surface area contributed by atoms with Gasteiger partial charge in [-0.15, -0.1) is 0 Å². The van der Waals surface area contributed by atoms with Crippen LogP contribution in [0.4, 0.5) is 4.79 Å². The Morgan fingerprint density at radius 3 is 2.31 bits per heavy atom. The number of carbonyl (C=O) groups excluding carboxylic acids is 2. The van der Waals surface area contributed by atoms with E-state index in [4.69, 9.17) is 9.47 Å². The molecule has 3 rings (SSSR count). The van der Waals surface area contributed by atoms with Crippen molar-refractivity contribution < 1.29 is 19.1 Å². The number of hydrogen-bond donors (Lipinski definition) is 0. The van der Waals surface area contributed by atoms with Crippen LogP contribution in [0.1, 0.15) is 31.9 Å². The first kappa shape index (κ1) is 20.7. The SMILES string of the molecule is CCOc1ccc(OCC)c(C2(C)C(=O)N(CCc3ccccc3)C(=O)N2C)c1. The zero-order valence-corrected chi connectivity index (χ0v) is 17.5. The maximum atomic E-state index is 13.5. The van der Waals surface area contributed by atoms with E-state index in [2.05, 4.69) is 0 Å². The zero-order chi connectivity index (χ0) is 21.0. The van der Waals surface area contributed by atoms with Crippen LogP contribution in [0, 0.1) is 0 Å². The van der Waals surface area contributed by atoms with E-state index < -0.39 is 5.54 Å². The maximum absolute atomic E-state index is 13.5. The summed E-state index contributed by atoms with van der Waals surface area (Å²) in [6.45, 7) is 6.86. The first-order valence-electron chi connectivity index (χ1n) is 9.97. The second-order valence-electron chi connectivity index (χ2n) is 7.13. The van der Waals surface area contributed by atoms with Crippen molar-refractivity contribution in [3.63, 3.8) is 0 Å². The third kappa shape index (κ3) is 3.79. The Hall–Kier alpha value is -3.02. The first-order chi connectivity index (χ1) is 13.9. The molecule has 0 aromatic heterocycles.